The molecular weight excluding hydrogens is 557 g/mol. The number of hydrogen-bond acceptors (Lipinski definition) is 4. The Morgan fingerprint density at radius 1 is 0.897 bits per heavy atom. The minimum atomic E-state index is -4.19. The standard InChI is InChI=1S/C29H33Cl2N3O4S/c1-4-27(29(36)32-21(2)3)33(16-15-22-11-7-5-8-12-22)28(35)20-34(25-18-23(30)17-24(31)19-25)39(37,38)26-13-9-6-10-14-26/h5-14,17-19,21,27H,4,15-16,20H2,1-3H3,(H,32,36)/t27-/m1/s1. The second-order valence-corrected chi connectivity index (χ2v) is 12.1. The number of sulfonamides is 1. The molecular formula is C29H33Cl2N3O4S. The summed E-state index contributed by atoms with van der Waals surface area (Å²) in [6.45, 7) is 5.19. The zero-order chi connectivity index (χ0) is 28.6. The molecule has 1 N–H and O–H groups in total. The zero-order valence-electron chi connectivity index (χ0n) is 22.2. The Kier molecular flexibility index (Phi) is 10.8. The van der Waals surface area contributed by atoms with Crippen molar-refractivity contribution < 1.29 is 18.0 Å². The van der Waals surface area contributed by atoms with Crippen LogP contribution < -0.4 is 9.62 Å². The topological polar surface area (TPSA) is 86.8 Å². The number of rotatable bonds is 12. The van der Waals surface area contributed by atoms with Crippen molar-refractivity contribution in [3.8, 4) is 0 Å². The summed E-state index contributed by atoms with van der Waals surface area (Å²) in [5.74, 6) is -0.815. The molecule has 10 heteroatoms. The maximum atomic E-state index is 14.0. The minimum absolute atomic E-state index is 0.00864. The van der Waals surface area contributed by atoms with Gasteiger partial charge in [0.25, 0.3) is 10.0 Å². The predicted molar refractivity (Wildman–Crippen MR) is 157 cm³/mol. The molecule has 0 aliphatic carbocycles. The van der Waals surface area contributed by atoms with Crippen LogP contribution in [0.3, 0.4) is 0 Å². The molecule has 3 aromatic carbocycles. The third-order valence-corrected chi connectivity index (χ3v) is 8.27. The Bertz CT molecular complexity index is 1350. The molecule has 0 unspecified atom stereocenters. The monoisotopic (exact) mass is 589 g/mol. The Labute approximate surface area is 240 Å². The van der Waals surface area contributed by atoms with E-state index in [0.717, 1.165) is 9.87 Å². The zero-order valence-corrected chi connectivity index (χ0v) is 24.5. The summed E-state index contributed by atoms with van der Waals surface area (Å²) >= 11 is 12.4. The first kappa shape index (κ1) is 30.5. The first-order valence-corrected chi connectivity index (χ1v) is 14.9. The molecule has 0 aliphatic heterocycles. The molecule has 1 atom stereocenters. The van der Waals surface area contributed by atoms with Crippen LogP contribution in [0.4, 0.5) is 5.69 Å². The Morgan fingerprint density at radius 3 is 2.00 bits per heavy atom. The number of carbonyl (C=O) groups excluding carboxylic acids is 2. The molecule has 0 spiro atoms. The number of benzene rings is 3. The highest BCUT2D eigenvalue weighted by Gasteiger charge is 2.33. The van der Waals surface area contributed by atoms with Crippen LogP contribution in [0.1, 0.15) is 32.8 Å². The molecule has 2 amide bonds. The fourth-order valence-corrected chi connectivity index (χ4v) is 6.14. The molecule has 0 heterocycles. The predicted octanol–water partition coefficient (Wildman–Crippen LogP) is 5.56. The van der Waals surface area contributed by atoms with Crippen LogP contribution in [0, 0.1) is 0 Å². The number of amides is 2. The summed E-state index contributed by atoms with van der Waals surface area (Å²) in [5.41, 5.74) is 1.14. The van der Waals surface area contributed by atoms with E-state index in [4.69, 9.17) is 23.2 Å². The van der Waals surface area contributed by atoms with Crippen molar-refractivity contribution in [3.05, 3.63) is 94.5 Å². The van der Waals surface area contributed by atoms with Crippen molar-refractivity contribution in [3.63, 3.8) is 0 Å². The third kappa shape index (κ3) is 8.21. The number of carbonyl (C=O) groups is 2. The Morgan fingerprint density at radius 2 is 1.46 bits per heavy atom. The number of halogens is 2. The van der Waals surface area contributed by atoms with Crippen LogP contribution in [-0.2, 0) is 26.0 Å². The van der Waals surface area contributed by atoms with Gasteiger partial charge in [0.05, 0.1) is 10.6 Å². The minimum Gasteiger partial charge on any atom is -0.352 e. The molecule has 0 aromatic heterocycles. The van der Waals surface area contributed by atoms with Gasteiger partial charge in [-0.05, 0) is 62.6 Å². The Hall–Kier alpha value is -3.07. The summed E-state index contributed by atoms with van der Waals surface area (Å²) < 4.78 is 28.6. The summed E-state index contributed by atoms with van der Waals surface area (Å²) in [5, 5.41) is 3.33. The van der Waals surface area contributed by atoms with E-state index in [9.17, 15) is 18.0 Å². The lowest BCUT2D eigenvalue weighted by Gasteiger charge is -2.33. The van der Waals surface area contributed by atoms with Gasteiger partial charge in [0, 0.05) is 22.6 Å². The lowest BCUT2D eigenvalue weighted by molar-refractivity contribution is -0.139. The van der Waals surface area contributed by atoms with Crippen molar-refractivity contribution in [1.82, 2.24) is 10.2 Å². The highest BCUT2D eigenvalue weighted by atomic mass is 35.5. The van der Waals surface area contributed by atoms with Gasteiger partial charge in [-0.2, -0.15) is 0 Å². The summed E-state index contributed by atoms with van der Waals surface area (Å²) in [4.78, 5) is 28.6. The van der Waals surface area contributed by atoms with E-state index in [2.05, 4.69) is 5.32 Å². The van der Waals surface area contributed by atoms with Gasteiger partial charge in [-0.25, -0.2) is 8.42 Å². The molecule has 3 aromatic rings. The largest absolute Gasteiger partial charge is 0.352 e. The van der Waals surface area contributed by atoms with Gasteiger partial charge < -0.3 is 10.2 Å². The van der Waals surface area contributed by atoms with Gasteiger partial charge in [-0.1, -0.05) is 78.7 Å². The van der Waals surface area contributed by atoms with E-state index in [0.29, 0.717) is 12.8 Å². The van der Waals surface area contributed by atoms with Crippen LogP contribution in [0.25, 0.3) is 0 Å². The summed E-state index contributed by atoms with van der Waals surface area (Å²) in [6, 6.07) is 20.9. The molecule has 0 saturated carbocycles. The summed E-state index contributed by atoms with van der Waals surface area (Å²) in [6.07, 6.45) is 0.847. The second kappa shape index (κ2) is 13.8. The van der Waals surface area contributed by atoms with Crippen molar-refractivity contribution >= 4 is 50.7 Å². The first-order chi connectivity index (χ1) is 18.5. The van der Waals surface area contributed by atoms with Crippen molar-refractivity contribution in [2.75, 3.05) is 17.4 Å². The van der Waals surface area contributed by atoms with Crippen LogP contribution in [-0.4, -0.2) is 50.3 Å². The van der Waals surface area contributed by atoms with E-state index < -0.39 is 28.5 Å². The van der Waals surface area contributed by atoms with Gasteiger partial charge >= 0.3 is 0 Å². The lowest BCUT2D eigenvalue weighted by Crippen LogP contribution is -2.54. The highest BCUT2D eigenvalue weighted by molar-refractivity contribution is 7.92. The van der Waals surface area contributed by atoms with Gasteiger partial charge in [0.1, 0.15) is 12.6 Å². The van der Waals surface area contributed by atoms with Gasteiger partial charge in [-0.15, -0.1) is 0 Å². The number of anilines is 1. The maximum absolute atomic E-state index is 14.0. The molecule has 0 fully saturated rings. The van der Waals surface area contributed by atoms with Gasteiger partial charge in [0.15, 0.2) is 0 Å². The lowest BCUT2D eigenvalue weighted by atomic mass is 10.1. The van der Waals surface area contributed by atoms with E-state index in [1.165, 1.54) is 35.2 Å². The number of nitrogens with zero attached hydrogens (tertiary/aromatic N) is 2. The molecule has 208 valence electrons. The Balaban J connectivity index is 2.03. The van der Waals surface area contributed by atoms with Crippen LogP contribution in [0.15, 0.2) is 83.8 Å². The average molecular weight is 591 g/mol. The fraction of sp³-hybridized carbons (Fsp3) is 0.310. The van der Waals surface area contributed by atoms with E-state index >= 15 is 0 Å². The van der Waals surface area contributed by atoms with Crippen LogP contribution in [0.5, 0.6) is 0 Å². The van der Waals surface area contributed by atoms with Crippen molar-refractivity contribution in [2.45, 2.75) is 50.6 Å². The molecule has 0 bridgehead atoms. The SMILES string of the molecule is CC[C@H](C(=O)NC(C)C)N(CCc1ccccc1)C(=O)CN(c1cc(Cl)cc(Cl)c1)S(=O)(=O)c1ccccc1. The maximum Gasteiger partial charge on any atom is 0.264 e. The molecule has 39 heavy (non-hydrogen) atoms. The van der Waals surface area contributed by atoms with Crippen LogP contribution >= 0.6 is 23.2 Å². The number of nitrogens with one attached hydrogen (secondary N) is 1. The normalized spacial score (nSPS) is 12.2. The first-order valence-electron chi connectivity index (χ1n) is 12.7. The van der Waals surface area contributed by atoms with Crippen LogP contribution in [0.2, 0.25) is 10.0 Å². The fourth-order valence-electron chi connectivity index (χ4n) is 4.21. The van der Waals surface area contributed by atoms with E-state index in [1.807, 2.05) is 51.1 Å². The van der Waals surface area contributed by atoms with Crippen molar-refractivity contribution in [1.29, 1.82) is 0 Å². The molecule has 0 aliphatic rings. The number of hydrogen-bond donors (Lipinski definition) is 1. The van der Waals surface area contributed by atoms with E-state index in [1.54, 1.807) is 18.2 Å². The average Bonchev–Trinajstić information content (AvgIpc) is 2.89. The molecule has 0 radical (unpaired) electrons. The van der Waals surface area contributed by atoms with Crippen molar-refractivity contribution in [2.24, 2.45) is 0 Å². The third-order valence-electron chi connectivity index (χ3n) is 6.05. The van der Waals surface area contributed by atoms with Gasteiger partial charge in [0.2, 0.25) is 11.8 Å². The van der Waals surface area contributed by atoms with E-state index in [-0.39, 0.29) is 39.1 Å². The molecule has 3 rings (SSSR count). The van der Waals surface area contributed by atoms with Gasteiger partial charge in [-0.3, -0.25) is 13.9 Å². The second-order valence-electron chi connectivity index (χ2n) is 9.36. The molecule has 0 saturated heterocycles. The highest BCUT2D eigenvalue weighted by Crippen LogP contribution is 2.30. The smallest absolute Gasteiger partial charge is 0.264 e. The quantitative estimate of drug-likeness (QED) is 0.299. The summed E-state index contributed by atoms with van der Waals surface area (Å²) in [7, 11) is -4.19. The molecule has 7 nitrogen and oxygen atoms in total.